The Kier molecular flexibility index (Phi) is 5.09. The number of urea groups is 1. The zero-order valence-electron chi connectivity index (χ0n) is 15.1. The molecule has 0 saturated carbocycles. The summed E-state index contributed by atoms with van der Waals surface area (Å²) < 4.78 is 47.7. The van der Waals surface area contributed by atoms with Gasteiger partial charge in [-0.3, -0.25) is 4.79 Å². The molecular formula is C18H15BrF3N3O3. The monoisotopic (exact) mass is 457 g/mol. The molecule has 0 unspecified atom stereocenters. The average molecular weight is 458 g/mol. The molecule has 148 valence electrons. The van der Waals surface area contributed by atoms with Crippen LogP contribution in [0.15, 0.2) is 29.0 Å². The average Bonchev–Trinajstić information content (AvgIpc) is 2.79. The standard InChI is InChI=1S/C18H15BrF3N3O3/c1-18(2)16(26)25(11-7-10(20)15(28-3)14(22)13(11)21)17(27)24(18)8-9-4-5-23-12(19)6-9/h4-7H,8H2,1-3H3. The highest BCUT2D eigenvalue weighted by Crippen LogP contribution is 2.38. The second-order valence-electron chi connectivity index (χ2n) is 6.59. The van der Waals surface area contributed by atoms with Gasteiger partial charge in [0.1, 0.15) is 10.1 Å². The van der Waals surface area contributed by atoms with Crippen molar-refractivity contribution in [2.24, 2.45) is 0 Å². The van der Waals surface area contributed by atoms with Crippen molar-refractivity contribution in [3.05, 3.63) is 52.0 Å². The lowest BCUT2D eigenvalue weighted by atomic mass is 10.0. The van der Waals surface area contributed by atoms with Gasteiger partial charge in [-0.2, -0.15) is 4.39 Å². The summed E-state index contributed by atoms with van der Waals surface area (Å²) in [5.41, 5.74) is -1.52. The van der Waals surface area contributed by atoms with Gasteiger partial charge < -0.3 is 9.64 Å². The van der Waals surface area contributed by atoms with Crippen molar-refractivity contribution in [3.8, 4) is 5.75 Å². The first-order valence-electron chi connectivity index (χ1n) is 8.07. The summed E-state index contributed by atoms with van der Waals surface area (Å²) in [5.74, 6) is -6.14. The number of nitrogens with zero attached hydrogens (tertiary/aromatic N) is 3. The number of ether oxygens (including phenoxy) is 1. The maximum Gasteiger partial charge on any atom is 0.332 e. The molecule has 0 spiro atoms. The highest BCUT2D eigenvalue weighted by molar-refractivity contribution is 9.10. The Morgan fingerprint density at radius 2 is 1.86 bits per heavy atom. The predicted octanol–water partition coefficient (Wildman–Crippen LogP) is 4.02. The molecule has 1 saturated heterocycles. The minimum atomic E-state index is -1.62. The number of halogens is 4. The van der Waals surface area contributed by atoms with E-state index in [1.807, 2.05) is 0 Å². The van der Waals surface area contributed by atoms with Crippen molar-refractivity contribution in [1.82, 2.24) is 9.88 Å². The number of carbonyl (C=O) groups is 2. The fraction of sp³-hybridized carbons (Fsp3) is 0.278. The number of anilines is 1. The summed E-state index contributed by atoms with van der Waals surface area (Å²) in [7, 11) is 0.977. The van der Waals surface area contributed by atoms with Gasteiger partial charge in [-0.05, 0) is 47.5 Å². The number of aromatic nitrogens is 1. The molecule has 1 aliphatic rings. The predicted molar refractivity (Wildman–Crippen MR) is 97.3 cm³/mol. The molecule has 10 heteroatoms. The molecule has 0 aliphatic carbocycles. The Balaban J connectivity index is 2.05. The number of carbonyl (C=O) groups excluding carboxylic acids is 2. The van der Waals surface area contributed by atoms with Crippen LogP contribution in [0.2, 0.25) is 0 Å². The van der Waals surface area contributed by atoms with Gasteiger partial charge in [-0.1, -0.05) is 0 Å². The maximum absolute atomic E-state index is 14.5. The van der Waals surface area contributed by atoms with Gasteiger partial charge in [0.15, 0.2) is 17.4 Å². The molecule has 0 bridgehead atoms. The van der Waals surface area contributed by atoms with Crippen molar-refractivity contribution < 1.29 is 27.5 Å². The summed E-state index contributed by atoms with van der Waals surface area (Å²) in [6.07, 6.45) is 1.51. The summed E-state index contributed by atoms with van der Waals surface area (Å²) in [5, 5.41) is 0. The van der Waals surface area contributed by atoms with Crippen LogP contribution in [0.1, 0.15) is 19.4 Å². The Morgan fingerprint density at radius 1 is 1.18 bits per heavy atom. The molecule has 28 heavy (non-hydrogen) atoms. The molecule has 2 heterocycles. The number of benzene rings is 1. The smallest absolute Gasteiger partial charge is 0.332 e. The zero-order valence-corrected chi connectivity index (χ0v) is 16.7. The van der Waals surface area contributed by atoms with E-state index < -0.39 is 46.4 Å². The first-order valence-corrected chi connectivity index (χ1v) is 8.87. The fourth-order valence-electron chi connectivity index (χ4n) is 2.95. The fourth-order valence-corrected chi connectivity index (χ4v) is 3.36. The van der Waals surface area contributed by atoms with E-state index in [9.17, 15) is 22.8 Å². The van der Waals surface area contributed by atoms with Crippen LogP contribution < -0.4 is 9.64 Å². The number of rotatable bonds is 4. The summed E-state index contributed by atoms with van der Waals surface area (Å²) >= 11 is 3.22. The number of hydrogen-bond acceptors (Lipinski definition) is 4. The van der Waals surface area contributed by atoms with Gasteiger partial charge in [0.05, 0.1) is 12.8 Å². The molecule has 1 aliphatic heterocycles. The first-order chi connectivity index (χ1) is 13.1. The van der Waals surface area contributed by atoms with E-state index in [0.717, 1.165) is 7.11 Å². The second-order valence-corrected chi connectivity index (χ2v) is 7.41. The molecule has 2 aromatic rings. The lowest BCUT2D eigenvalue weighted by Crippen LogP contribution is -2.43. The molecule has 6 nitrogen and oxygen atoms in total. The van der Waals surface area contributed by atoms with Crippen LogP contribution in [0.3, 0.4) is 0 Å². The molecular weight excluding hydrogens is 443 g/mol. The van der Waals surface area contributed by atoms with Crippen molar-refractivity contribution in [1.29, 1.82) is 0 Å². The van der Waals surface area contributed by atoms with Gasteiger partial charge in [0.2, 0.25) is 5.82 Å². The minimum absolute atomic E-state index is 0.0118. The first kappa shape index (κ1) is 20.1. The molecule has 1 fully saturated rings. The largest absolute Gasteiger partial charge is 0.491 e. The number of pyridine rings is 1. The van der Waals surface area contributed by atoms with E-state index >= 15 is 0 Å². The second kappa shape index (κ2) is 7.08. The maximum atomic E-state index is 14.5. The Hall–Kier alpha value is -2.62. The van der Waals surface area contributed by atoms with Crippen LogP contribution in [0, 0.1) is 17.5 Å². The highest BCUT2D eigenvalue weighted by atomic mass is 79.9. The van der Waals surface area contributed by atoms with E-state index in [-0.39, 0.29) is 6.54 Å². The SMILES string of the molecule is COc1c(F)cc(N2C(=O)N(Cc3ccnc(Br)c3)C(C)(C)C2=O)c(F)c1F. The van der Waals surface area contributed by atoms with E-state index in [4.69, 9.17) is 0 Å². The summed E-state index contributed by atoms with van der Waals surface area (Å²) in [6, 6.07) is 2.97. The quantitative estimate of drug-likeness (QED) is 0.395. The van der Waals surface area contributed by atoms with Crippen LogP contribution >= 0.6 is 15.9 Å². The van der Waals surface area contributed by atoms with E-state index in [0.29, 0.717) is 21.1 Å². The van der Waals surface area contributed by atoms with Gasteiger partial charge in [0, 0.05) is 18.8 Å². The summed E-state index contributed by atoms with van der Waals surface area (Å²) in [4.78, 5) is 31.4. The molecule has 0 N–H and O–H groups in total. The number of hydrogen-bond donors (Lipinski definition) is 0. The number of imide groups is 1. The van der Waals surface area contributed by atoms with Gasteiger partial charge in [-0.15, -0.1) is 0 Å². The Bertz CT molecular complexity index is 984. The molecule has 3 amide bonds. The third-order valence-corrected chi connectivity index (χ3v) is 4.93. The van der Waals surface area contributed by atoms with E-state index in [1.54, 1.807) is 12.1 Å². The topological polar surface area (TPSA) is 62.7 Å². The zero-order chi connectivity index (χ0) is 20.8. The lowest BCUT2D eigenvalue weighted by Gasteiger charge is -2.27. The lowest BCUT2D eigenvalue weighted by molar-refractivity contribution is -0.123. The van der Waals surface area contributed by atoms with Crippen molar-refractivity contribution in [2.75, 3.05) is 12.0 Å². The summed E-state index contributed by atoms with van der Waals surface area (Å²) in [6.45, 7) is 2.95. The number of methoxy groups -OCH3 is 1. The van der Waals surface area contributed by atoms with Gasteiger partial charge in [-0.25, -0.2) is 23.5 Å². The van der Waals surface area contributed by atoms with Crippen LogP contribution in [-0.4, -0.2) is 34.5 Å². The van der Waals surface area contributed by atoms with Crippen LogP contribution in [0.5, 0.6) is 5.75 Å². The molecule has 0 radical (unpaired) electrons. The van der Waals surface area contributed by atoms with E-state index in [1.165, 1.54) is 24.9 Å². The van der Waals surface area contributed by atoms with Crippen LogP contribution in [0.25, 0.3) is 0 Å². The minimum Gasteiger partial charge on any atom is -0.491 e. The van der Waals surface area contributed by atoms with Gasteiger partial charge >= 0.3 is 6.03 Å². The highest BCUT2D eigenvalue weighted by Gasteiger charge is 2.52. The Labute approximate surface area is 167 Å². The third-order valence-electron chi connectivity index (χ3n) is 4.50. The normalized spacial score (nSPS) is 16.1. The third kappa shape index (κ3) is 3.11. The van der Waals surface area contributed by atoms with E-state index in [2.05, 4.69) is 25.7 Å². The van der Waals surface area contributed by atoms with Crippen LogP contribution in [0.4, 0.5) is 23.7 Å². The van der Waals surface area contributed by atoms with Crippen molar-refractivity contribution in [3.63, 3.8) is 0 Å². The van der Waals surface area contributed by atoms with Crippen molar-refractivity contribution >= 4 is 33.6 Å². The van der Waals surface area contributed by atoms with Gasteiger partial charge in [0.25, 0.3) is 5.91 Å². The molecule has 0 atom stereocenters. The molecule has 1 aromatic carbocycles. The molecule has 1 aromatic heterocycles. The molecule has 3 rings (SSSR count). The Morgan fingerprint density at radius 3 is 2.46 bits per heavy atom. The van der Waals surface area contributed by atoms with Crippen molar-refractivity contribution in [2.45, 2.75) is 25.9 Å². The number of amides is 3. The van der Waals surface area contributed by atoms with Crippen LogP contribution in [-0.2, 0) is 11.3 Å².